The minimum Gasteiger partial charge on any atom is -0.316 e. The standard InChI is InChI=1S/C13H19NO2S/c1-11-4-6-13(7-5-11)17(15,16)10-12-3-2-8-14-9-12/h4-7,12,14H,2-3,8-10H2,1H3. The molecule has 1 aromatic carbocycles. The van der Waals surface area contributed by atoms with E-state index in [1.807, 2.05) is 19.1 Å². The van der Waals surface area contributed by atoms with Crippen molar-refractivity contribution in [2.24, 2.45) is 5.92 Å². The predicted octanol–water partition coefficient (Wildman–Crippen LogP) is 1.77. The second-order valence-electron chi connectivity index (χ2n) is 4.81. The highest BCUT2D eigenvalue weighted by atomic mass is 32.2. The van der Waals surface area contributed by atoms with Crippen LogP contribution < -0.4 is 5.32 Å². The monoisotopic (exact) mass is 253 g/mol. The van der Waals surface area contributed by atoms with E-state index in [0.717, 1.165) is 31.5 Å². The van der Waals surface area contributed by atoms with Gasteiger partial charge < -0.3 is 5.32 Å². The van der Waals surface area contributed by atoms with Gasteiger partial charge in [-0.25, -0.2) is 8.42 Å². The summed E-state index contributed by atoms with van der Waals surface area (Å²) in [6.07, 6.45) is 2.09. The zero-order valence-electron chi connectivity index (χ0n) is 10.1. The molecule has 0 saturated carbocycles. The van der Waals surface area contributed by atoms with E-state index in [0.29, 0.717) is 4.90 Å². The number of sulfone groups is 1. The predicted molar refractivity (Wildman–Crippen MR) is 68.8 cm³/mol. The molecular weight excluding hydrogens is 234 g/mol. The van der Waals surface area contributed by atoms with Crippen LogP contribution in [0.4, 0.5) is 0 Å². The second kappa shape index (κ2) is 5.19. The third-order valence-corrected chi connectivity index (χ3v) is 5.13. The maximum absolute atomic E-state index is 12.2. The molecule has 0 bridgehead atoms. The smallest absolute Gasteiger partial charge is 0.178 e. The number of hydrogen-bond acceptors (Lipinski definition) is 3. The fourth-order valence-electron chi connectivity index (χ4n) is 2.22. The molecule has 0 aliphatic carbocycles. The molecule has 1 heterocycles. The molecule has 2 rings (SSSR count). The van der Waals surface area contributed by atoms with E-state index < -0.39 is 9.84 Å². The summed E-state index contributed by atoms with van der Waals surface area (Å²) < 4.78 is 24.4. The van der Waals surface area contributed by atoms with E-state index in [-0.39, 0.29) is 11.7 Å². The lowest BCUT2D eigenvalue weighted by Gasteiger charge is -2.22. The van der Waals surface area contributed by atoms with Crippen LogP contribution in [0.25, 0.3) is 0 Å². The first-order valence-corrected chi connectivity index (χ1v) is 7.73. The van der Waals surface area contributed by atoms with Gasteiger partial charge in [0.2, 0.25) is 0 Å². The van der Waals surface area contributed by atoms with Crippen molar-refractivity contribution in [2.45, 2.75) is 24.7 Å². The summed E-state index contributed by atoms with van der Waals surface area (Å²) in [6, 6.07) is 7.12. The number of aryl methyl sites for hydroxylation is 1. The van der Waals surface area contributed by atoms with Gasteiger partial charge in [-0.05, 0) is 50.9 Å². The highest BCUT2D eigenvalue weighted by Gasteiger charge is 2.22. The third-order valence-electron chi connectivity index (χ3n) is 3.23. The molecule has 1 fully saturated rings. The van der Waals surface area contributed by atoms with E-state index in [4.69, 9.17) is 0 Å². The molecule has 1 aromatic rings. The van der Waals surface area contributed by atoms with Gasteiger partial charge in [-0.1, -0.05) is 17.7 Å². The Hall–Kier alpha value is -0.870. The maximum Gasteiger partial charge on any atom is 0.178 e. The van der Waals surface area contributed by atoms with Crippen LogP contribution in [0.2, 0.25) is 0 Å². The molecule has 0 spiro atoms. The summed E-state index contributed by atoms with van der Waals surface area (Å²) in [6.45, 7) is 3.80. The Balaban J connectivity index is 2.10. The van der Waals surface area contributed by atoms with Crippen molar-refractivity contribution >= 4 is 9.84 Å². The summed E-state index contributed by atoms with van der Waals surface area (Å²) in [7, 11) is -3.12. The molecule has 1 atom stereocenters. The Labute approximate surface area is 103 Å². The fraction of sp³-hybridized carbons (Fsp3) is 0.538. The van der Waals surface area contributed by atoms with Gasteiger partial charge in [-0.2, -0.15) is 0 Å². The molecular formula is C13H19NO2S. The van der Waals surface area contributed by atoms with E-state index in [1.54, 1.807) is 12.1 Å². The first-order valence-electron chi connectivity index (χ1n) is 6.08. The second-order valence-corrected chi connectivity index (χ2v) is 6.84. The van der Waals surface area contributed by atoms with Crippen molar-refractivity contribution in [3.63, 3.8) is 0 Å². The number of rotatable bonds is 3. The largest absolute Gasteiger partial charge is 0.316 e. The first kappa shape index (κ1) is 12.6. The van der Waals surface area contributed by atoms with E-state index in [1.165, 1.54) is 0 Å². The van der Waals surface area contributed by atoms with Crippen LogP contribution in [0, 0.1) is 12.8 Å². The van der Waals surface area contributed by atoms with Gasteiger partial charge in [0.1, 0.15) is 0 Å². The van der Waals surface area contributed by atoms with Gasteiger partial charge in [-0.3, -0.25) is 0 Å². The van der Waals surface area contributed by atoms with Crippen LogP contribution in [0.15, 0.2) is 29.2 Å². The van der Waals surface area contributed by atoms with Gasteiger partial charge in [-0.15, -0.1) is 0 Å². The van der Waals surface area contributed by atoms with Gasteiger partial charge in [0.05, 0.1) is 10.6 Å². The number of benzene rings is 1. The molecule has 1 saturated heterocycles. The van der Waals surface area contributed by atoms with Gasteiger partial charge >= 0.3 is 0 Å². The Morgan fingerprint density at radius 3 is 2.59 bits per heavy atom. The number of hydrogen-bond donors (Lipinski definition) is 1. The molecule has 1 unspecified atom stereocenters. The lowest BCUT2D eigenvalue weighted by atomic mass is 10.0. The molecule has 1 aliphatic heterocycles. The van der Waals surface area contributed by atoms with Crippen molar-refractivity contribution in [3.8, 4) is 0 Å². The van der Waals surface area contributed by atoms with Crippen LogP contribution in [0.5, 0.6) is 0 Å². The molecule has 0 amide bonds. The van der Waals surface area contributed by atoms with Gasteiger partial charge in [0.25, 0.3) is 0 Å². The number of piperidine rings is 1. The molecule has 1 aliphatic rings. The summed E-state index contributed by atoms with van der Waals surface area (Å²) >= 11 is 0. The fourth-order valence-corrected chi connectivity index (χ4v) is 3.87. The Morgan fingerprint density at radius 2 is 2.00 bits per heavy atom. The highest BCUT2D eigenvalue weighted by Crippen LogP contribution is 2.18. The van der Waals surface area contributed by atoms with Crippen LogP contribution >= 0.6 is 0 Å². The molecule has 94 valence electrons. The van der Waals surface area contributed by atoms with E-state index in [2.05, 4.69) is 5.32 Å². The maximum atomic E-state index is 12.2. The molecule has 0 radical (unpaired) electrons. The van der Waals surface area contributed by atoms with Gasteiger partial charge in [0, 0.05) is 0 Å². The molecule has 3 nitrogen and oxygen atoms in total. The van der Waals surface area contributed by atoms with Crippen LogP contribution in [0.3, 0.4) is 0 Å². The van der Waals surface area contributed by atoms with Crippen molar-refractivity contribution < 1.29 is 8.42 Å². The van der Waals surface area contributed by atoms with Crippen LogP contribution in [-0.4, -0.2) is 27.3 Å². The minimum atomic E-state index is -3.12. The topological polar surface area (TPSA) is 46.2 Å². The SMILES string of the molecule is Cc1ccc(S(=O)(=O)CC2CCCNC2)cc1. The molecule has 4 heteroatoms. The lowest BCUT2D eigenvalue weighted by Crippen LogP contribution is -2.33. The molecule has 0 aromatic heterocycles. The average Bonchev–Trinajstić information content (AvgIpc) is 2.30. The Kier molecular flexibility index (Phi) is 3.84. The summed E-state index contributed by atoms with van der Waals surface area (Å²) in [5, 5.41) is 3.25. The quantitative estimate of drug-likeness (QED) is 0.893. The van der Waals surface area contributed by atoms with Crippen LogP contribution in [-0.2, 0) is 9.84 Å². The average molecular weight is 253 g/mol. The minimum absolute atomic E-state index is 0.259. The summed E-state index contributed by atoms with van der Waals surface area (Å²) in [5.41, 5.74) is 1.09. The van der Waals surface area contributed by atoms with Gasteiger partial charge in [0.15, 0.2) is 9.84 Å². The first-order chi connectivity index (χ1) is 8.08. The zero-order chi connectivity index (χ0) is 12.3. The highest BCUT2D eigenvalue weighted by molar-refractivity contribution is 7.91. The summed E-state index contributed by atoms with van der Waals surface area (Å²) in [4.78, 5) is 0.452. The number of nitrogens with one attached hydrogen (secondary N) is 1. The zero-order valence-corrected chi connectivity index (χ0v) is 11.0. The lowest BCUT2D eigenvalue weighted by molar-refractivity contribution is 0.404. The van der Waals surface area contributed by atoms with Crippen molar-refractivity contribution in [2.75, 3.05) is 18.8 Å². The van der Waals surface area contributed by atoms with Crippen molar-refractivity contribution in [1.29, 1.82) is 0 Å². The van der Waals surface area contributed by atoms with E-state index in [9.17, 15) is 8.42 Å². The molecule has 1 N–H and O–H groups in total. The van der Waals surface area contributed by atoms with Crippen LogP contribution in [0.1, 0.15) is 18.4 Å². The van der Waals surface area contributed by atoms with Crippen molar-refractivity contribution in [1.82, 2.24) is 5.32 Å². The normalized spacial score (nSPS) is 21.4. The summed E-state index contributed by atoms with van der Waals surface area (Å²) in [5.74, 6) is 0.526. The Morgan fingerprint density at radius 1 is 1.29 bits per heavy atom. The third kappa shape index (κ3) is 3.30. The van der Waals surface area contributed by atoms with E-state index >= 15 is 0 Å². The Bertz CT molecular complexity index is 459. The van der Waals surface area contributed by atoms with Crippen molar-refractivity contribution in [3.05, 3.63) is 29.8 Å². The molecule has 17 heavy (non-hydrogen) atoms.